The number of amides is 1. The van der Waals surface area contributed by atoms with Gasteiger partial charge in [0, 0.05) is 42.0 Å². The molecular weight excluding hydrogens is 414 g/mol. The van der Waals surface area contributed by atoms with E-state index in [9.17, 15) is 24.8 Å². The number of non-ortho nitro benzene ring substituents is 1. The lowest BCUT2D eigenvalue weighted by Crippen LogP contribution is -2.29. The number of piperidine rings is 1. The van der Waals surface area contributed by atoms with Crippen LogP contribution in [0, 0.1) is 10.1 Å². The fourth-order valence-corrected chi connectivity index (χ4v) is 3.76. The van der Waals surface area contributed by atoms with E-state index in [1.165, 1.54) is 24.6 Å². The number of H-pyrrole nitrogens is 1. The number of carbonyl (C=O) groups is 2. The molecule has 0 spiro atoms. The molecule has 3 N–H and O–H groups in total. The van der Waals surface area contributed by atoms with Gasteiger partial charge in [-0.1, -0.05) is 18.2 Å². The Morgan fingerprint density at radius 2 is 1.81 bits per heavy atom. The van der Waals surface area contributed by atoms with Gasteiger partial charge in [-0.25, -0.2) is 4.79 Å². The highest BCUT2D eigenvalue weighted by Crippen LogP contribution is 2.31. The number of nitro benzene ring substituents is 1. The molecule has 164 valence electrons. The number of rotatable bonds is 6. The molecule has 1 aromatic heterocycles. The highest BCUT2D eigenvalue weighted by atomic mass is 16.6. The van der Waals surface area contributed by atoms with Crippen molar-refractivity contribution < 1.29 is 19.6 Å². The molecule has 1 aliphatic heterocycles. The van der Waals surface area contributed by atoms with Crippen LogP contribution in [0.3, 0.4) is 0 Å². The van der Waals surface area contributed by atoms with Crippen LogP contribution in [0.4, 0.5) is 17.1 Å². The lowest BCUT2D eigenvalue weighted by Gasteiger charge is -2.28. The summed E-state index contributed by atoms with van der Waals surface area (Å²) >= 11 is 0. The zero-order valence-electron chi connectivity index (χ0n) is 17.1. The van der Waals surface area contributed by atoms with Gasteiger partial charge >= 0.3 is 5.97 Å². The van der Waals surface area contributed by atoms with Crippen LogP contribution in [-0.4, -0.2) is 45.2 Å². The standard InChI is InChI=1S/C22H21N5O5/c28-21(15-5-4-6-17(13-15)27(31)32)23-19-18(24-25-20(19)22(29)30)14-7-9-16(10-8-14)26-11-2-1-3-12-26/h4-10,13H,1-3,11-12H2,(H,23,28)(H,24,25)(H,29,30). The maximum atomic E-state index is 12.7. The first-order valence-electron chi connectivity index (χ1n) is 10.2. The van der Waals surface area contributed by atoms with Crippen molar-refractivity contribution in [3.63, 3.8) is 0 Å². The molecule has 1 aliphatic rings. The maximum absolute atomic E-state index is 12.7. The summed E-state index contributed by atoms with van der Waals surface area (Å²) < 4.78 is 0. The van der Waals surface area contributed by atoms with Crippen LogP contribution in [0.2, 0.25) is 0 Å². The third-order valence-corrected chi connectivity index (χ3v) is 5.40. The van der Waals surface area contributed by atoms with Gasteiger partial charge in [0.1, 0.15) is 11.4 Å². The van der Waals surface area contributed by atoms with Crippen LogP contribution < -0.4 is 10.2 Å². The largest absolute Gasteiger partial charge is 0.476 e. The first-order valence-corrected chi connectivity index (χ1v) is 10.2. The number of hydrogen-bond acceptors (Lipinski definition) is 6. The number of hydrogen-bond donors (Lipinski definition) is 3. The van der Waals surface area contributed by atoms with Crippen LogP contribution in [0.5, 0.6) is 0 Å². The number of nitro groups is 1. The molecule has 3 aromatic rings. The second-order valence-electron chi connectivity index (χ2n) is 7.48. The van der Waals surface area contributed by atoms with Gasteiger partial charge in [0.25, 0.3) is 11.6 Å². The van der Waals surface area contributed by atoms with E-state index in [-0.39, 0.29) is 28.3 Å². The summed E-state index contributed by atoms with van der Waals surface area (Å²) in [5.74, 6) is -1.97. The van der Waals surface area contributed by atoms with Crippen molar-refractivity contribution in [3.05, 3.63) is 69.9 Å². The fraction of sp³-hybridized carbons (Fsp3) is 0.227. The Hall–Kier alpha value is -4.21. The van der Waals surface area contributed by atoms with Gasteiger partial charge in [0.15, 0.2) is 5.69 Å². The smallest absolute Gasteiger partial charge is 0.356 e. The third kappa shape index (κ3) is 4.29. The number of anilines is 2. The van der Waals surface area contributed by atoms with Gasteiger partial charge in [-0.3, -0.25) is 20.0 Å². The van der Waals surface area contributed by atoms with Crippen LogP contribution in [0.25, 0.3) is 11.3 Å². The van der Waals surface area contributed by atoms with Crippen molar-refractivity contribution >= 4 is 28.9 Å². The first-order chi connectivity index (χ1) is 15.4. The van der Waals surface area contributed by atoms with Crippen LogP contribution >= 0.6 is 0 Å². The van der Waals surface area contributed by atoms with Crippen molar-refractivity contribution in [2.75, 3.05) is 23.3 Å². The Balaban J connectivity index is 1.63. The van der Waals surface area contributed by atoms with Crippen molar-refractivity contribution in [2.45, 2.75) is 19.3 Å². The number of aromatic amines is 1. The van der Waals surface area contributed by atoms with E-state index in [4.69, 9.17) is 0 Å². The Labute approximate surface area is 183 Å². The molecule has 0 radical (unpaired) electrons. The second-order valence-corrected chi connectivity index (χ2v) is 7.48. The normalized spacial score (nSPS) is 13.6. The number of nitrogens with one attached hydrogen (secondary N) is 2. The summed E-state index contributed by atoms with van der Waals surface area (Å²) in [6, 6.07) is 12.7. The van der Waals surface area contributed by atoms with Crippen LogP contribution in [-0.2, 0) is 0 Å². The monoisotopic (exact) mass is 435 g/mol. The average molecular weight is 435 g/mol. The molecule has 1 fully saturated rings. The van der Waals surface area contributed by atoms with Crippen molar-refractivity contribution in [1.29, 1.82) is 0 Å². The molecule has 0 bridgehead atoms. The summed E-state index contributed by atoms with van der Waals surface area (Å²) in [6.45, 7) is 1.99. The minimum absolute atomic E-state index is 0.000251. The molecule has 10 nitrogen and oxygen atoms in total. The Morgan fingerprint density at radius 3 is 2.47 bits per heavy atom. The second kappa shape index (κ2) is 8.88. The number of aromatic carboxylic acids is 1. The average Bonchev–Trinajstić information content (AvgIpc) is 3.23. The molecule has 10 heteroatoms. The topological polar surface area (TPSA) is 141 Å². The van der Waals surface area contributed by atoms with E-state index in [2.05, 4.69) is 20.4 Å². The van der Waals surface area contributed by atoms with Crippen LogP contribution in [0.15, 0.2) is 48.5 Å². The Kier molecular flexibility index (Phi) is 5.84. The lowest BCUT2D eigenvalue weighted by molar-refractivity contribution is -0.384. The van der Waals surface area contributed by atoms with E-state index in [1.54, 1.807) is 0 Å². The van der Waals surface area contributed by atoms with Crippen molar-refractivity contribution in [3.8, 4) is 11.3 Å². The quantitative estimate of drug-likeness (QED) is 0.393. The van der Waals surface area contributed by atoms with Gasteiger partial charge in [-0.2, -0.15) is 5.10 Å². The third-order valence-electron chi connectivity index (χ3n) is 5.40. The van der Waals surface area contributed by atoms with E-state index < -0.39 is 16.8 Å². The minimum atomic E-state index is -1.29. The van der Waals surface area contributed by atoms with E-state index >= 15 is 0 Å². The lowest BCUT2D eigenvalue weighted by atomic mass is 10.1. The number of carboxylic acid groups (broad SMARTS) is 1. The summed E-state index contributed by atoms with van der Waals surface area (Å²) in [6.07, 6.45) is 3.53. The fourth-order valence-electron chi connectivity index (χ4n) is 3.76. The Morgan fingerprint density at radius 1 is 1.09 bits per heavy atom. The summed E-state index contributed by atoms with van der Waals surface area (Å²) in [5, 5.41) is 29.6. The zero-order valence-corrected chi connectivity index (χ0v) is 17.1. The van der Waals surface area contributed by atoms with E-state index in [0.29, 0.717) is 5.56 Å². The van der Waals surface area contributed by atoms with E-state index in [1.807, 2.05) is 24.3 Å². The molecular formula is C22H21N5O5. The number of aromatic nitrogens is 2. The molecule has 0 aliphatic carbocycles. The predicted octanol–water partition coefficient (Wildman–Crippen LogP) is 3.93. The number of carbonyl (C=O) groups excluding carboxylic acids is 1. The zero-order chi connectivity index (χ0) is 22.7. The molecule has 0 unspecified atom stereocenters. The summed E-state index contributed by atoms with van der Waals surface area (Å²) in [4.78, 5) is 37.1. The highest BCUT2D eigenvalue weighted by Gasteiger charge is 2.23. The maximum Gasteiger partial charge on any atom is 0.356 e. The number of benzene rings is 2. The van der Waals surface area contributed by atoms with Gasteiger partial charge in [0.05, 0.1) is 4.92 Å². The number of nitrogens with zero attached hydrogens (tertiary/aromatic N) is 3. The summed E-state index contributed by atoms with van der Waals surface area (Å²) in [7, 11) is 0. The van der Waals surface area contributed by atoms with Crippen molar-refractivity contribution in [1.82, 2.24) is 10.2 Å². The molecule has 32 heavy (non-hydrogen) atoms. The molecule has 4 rings (SSSR count). The molecule has 2 heterocycles. The molecule has 0 saturated carbocycles. The van der Waals surface area contributed by atoms with Gasteiger partial charge in [-0.15, -0.1) is 0 Å². The number of carboxylic acids is 1. The Bertz CT molecular complexity index is 1170. The van der Waals surface area contributed by atoms with Gasteiger partial charge < -0.3 is 15.3 Å². The molecule has 2 aromatic carbocycles. The summed E-state index contributed by atoms with van der Waals surface area (Å²) in [5.41, 5.74) is 1.48. The van der Waals surface area contributed by atoms with Crippen LogP contribution in [0.1, 0.15) is 40.1 Å². The SMILES string of the molecule is O=C(Nc1c(-c2ccc(N3CCCCC3)cc2)n[nH]c1C(=O)O)c1cccc([N+](=O)[O-])c1. The van der Waals surface area contributed by atoms with Gasteiger partial charge in [-0.05, 0) is 37.5 Å². The molecule has 1 saturated heterocycles. The first kappa shape index (κ1) is 21.0. The molecule has 0 atom stereocenters. The molecule has 1 amide bonds. The highest BCUT2D eigenvalue weighted by molar-refractivity contribution is 6.10. The van der Waals surface area contributed by atoms with Gasteiger partial charge in [0.2, 0.25) is 0 Å². The predicted molar refractivity (Wildman–Crippen MR) is 118 cm³/mol. The van der Waals surface area contributed by atoms with Crippen molar-refractivity contribution in [2.24, 2.45) is 0 Å². The minimum Gasteiger partial charge on any atom is -0.476 e. The van der Waals surface area contributed by atoms with E-state index in [0.717, 1.165) is 37.7 Å².